The number of carbonyl (C=O) groups excluding carboxylic acids is 2. The normalized spacial score (nSPS) is 13.6. The third-order valence-corrected chi connectivity index (χ3v) is 1.23. The number of ether oxygens (including phenoxy) is 1. The summed E-state index contributed by atoms with van der Waals surface area (Å²) in [5, 5.41) is 0. The van der Waals surface area contributed by atoms with Crippen molar-refractivity contribution in [3.05, 3.63) is 0 Å². The molecule has 0 aliphatic rings. The molecule has 0 saturated carbocycles. The molecule has 1 unspecified atom stereocenters. The van der Waals surface area contributed by atoms with Crippen LogP contribution in [-0.4, -0.2) is 31.1 Å². The van der Waals surface area contributed by atoms with Crippen molar-refractivity contribution in [2.45, 2.75) is 18.6 Å². The maximum absolute atomic E-state index is 11.6. The van der Waals surface area contributed by atoms with Crippen molar-refractivity contribution in [1.29, 1.82) is 0 Å². The van der Waals surface area contributed by atoms with E-state index in [1.54, 1.807) is 0 Å². The third kappa shape index (κ3) is 3.88. The lowest BCUT2D eigenvalue weighted by molar-refractivity contribution is -0.172. The number of nitrogens with two attached hydrogens (primary N) is 1. The molecule has 2 N–H and O–H groups in total. The molecule has 0 amide bonds. The summed E-state index contributed by atoms with van der Waals surface area (Å²) in [6, 6.07) is -1.56. The molecule has 0 aromatic rings. The first kappa shape index (κ1) is 11.9. The molecule has 7 heteroatoms. The van der Waals surface area contributed by atoms with E-state index in [4.69, 9.17) is 5.73 Å². The van der Waals surface area contributed by atoms with E-state index in [1.165, 1.54) is 0 Å². The zero-order chi connectivity index (χ0) is 10.6. The van der Waals surface area contributed by atoms with Crippen molar-refractivity contribution in [2.75, 3.05) is 7.11 Å². The number of hydrogen-bond donors (Lipinski definition) is 1. The zero-order valence-electron chi connectivity index (χ0n) is 6.72. The average Bonchev–Trinajstić information content (AvgIpc) is 2.01. The Kier molecular flexibility index (Phi) is 3.86. The first-order chi connectivity index (χ1) is 5.79. The van der Waals surface area contributed by atoms with E-state index >= 15 is 0 Å². The predicted molar refractivity (Wildman–Crippen MR) is 35.7 cm³/mol. The number of halogens is 3. The van der Waals surface area contributed by atoms with Gasteiger partial charge >= 0.3 is 12.1 Å². The van der Waals surface area contributed by atoms with Gasteiger partial charge in [-0.25, -0.2) is 0 Å². The van der Waals surface area contributed by atoms with E-state index < -0.39 is 30.4 Å². The van der Waals surface area contributed by atoms with Gasteiger partial charge in [-0.1, -0.05) is 0 Å². The number of methoxy groups -OCH3 is 1. The van der Waals surface area contributed by atoms with Crippen LogP contribution in [0.5, 0.6) is 0 Å². The molecule has 1 atom stereocenters. The highest BCUT2D eigenvalue weighted by atomic mass is 19.4. The molecule has 0 saturated heterocycles. The molecular weight excluding hydrogens is 191 g/mol. The number of esters is 1. The molecule has 0 fully saturated rings. The molecule has 0 bridgehead atoms. The Bertz CT molecular complexity index is 214. The predicted octanol–water partition coefficient (Wildman–Crippen LogP) is 0.00820. The highest BCUT2D eigenvalue weighted by Gasteiger charge is 2.39. The summed E-state index contributed by atoms with van der Waals surface area (Å²) in [5.74, 6) is -3.08. The Hall–Kier alpha value is -1.11. The molecule has 0 spiro atoms. The Morgan fingerprint density at radius 3 is 2.23 bits per heavy atom. The van der Waals surface area contributed by atoms with Crippen molar-refractivity contribution in [2.24, 2.45) is 5.73 Å². The summed E-state index contributed by atoms with van der Waals surface area (Å²) in [5.41, 5.74) is 4.93. The van der Waals surface area contributed by atoms with Crippen molar-refractivity contribution < 1.29 is 27.5 Å². The number of alkyl halides is 3. The van der Waals surface area contributed by atoms with Crippen molar-refractivity contribution in [1.82, 2.24) is 0 Å². The fraction of sp³-hybridized carbons (Fsp3) is 0.667. The SMILES string of the molecule is COC(=O)C(N)CC(=O)C(F)(F)F. The van der Waals surface area contributed by atoms with E-state index in [9.17, 15) is 22.8 Å². The highest BCUT2D eigenvalue weighted by Crippen LogP contribution is 2.18. The van der Waals surface area contributed by atoms with E-state index in [2.05, 4.69) is 4.74 Å². The van der Waals surface area contributed by atoms with Crippen LogP contribution in [0.1, 0.15) is 6.42 Å². The number of hydrogen-bond acceptors (Lipinski definition) is 4. The third-order valence-electron chi connectivity index (χ3n) is 1.23. The zero-order valence-corrected chi connectivity index (χ0v) is 6.72. The summed E-state index contributed by atoms with van der Waals surface area (Å²) in [4.78, 5) is 20.8. The van der Waals surface area contributed by atoms with Gasteiger partial charge in [0, 0.05) is 6.42 Å². The van der Waals surface area contributed by atoms with Crippen LogP contribution in [0.25, 0.3) is 0 Å². The van der Waals surface area contributed by atoms with Crippen LogP contribution in [0, 0.1) is 0 Å². The smallest absolute Gasteiger partial charge is 0.450 e. The van der Waals surface area contributed by atoms with Crippen LogP contribution in [0.15, 0.2) is 0 Å². The molecule has 0 aliphatic carbocycles. The topological polar surface area (TPSA) is 69.4 Å². The molecule has 0 aromatic heterocycles. The number of Topliss-reactive ketones (excluding diaryl/α,β-unsaturated/α-hetero) is 1. The van der Waals surface area contributed by atoms with Gasteiger partial charge in [-0.05, 0) is 0 Å². The highest BCUT2D eigenvalue weighted by molar-refractivity contribution is 5.89. The maximum atomic E-state index is 11.6. The van der Waals surface area contributed by atoms with Gasteiger partial charge in [0.05, 0.1) is 7.11 Å². The largest absolute Gasteiger partial charge is 0.468 e. The van der Waals surface area contributed by atoms with Gasteiger partial charge in [-0.3, -0.25) is 9.59 Å². The average molecular weight is 199 g/mol. The van der Waals surface area contributed by atoms with Crippen molar-refractivity contribution >= 4 is 11.8 Å². The van der Waals surface area contributed by atoms with Gasteiger partial charge in [0.25, 0.3) is 0 Å². The molecule has 0 aliphatic heterocycles. The molecule has 76 valence electrons. The molecule has 0 radical (unpaired) electrons. The van der Waals surface area contributed by atoms with Gasteiger partial charge in [-0.15, -0.1) is 0 Å². The molecule has 0 aromatic carbocycles. The van der Waals surface area contributed by atoms with Gasteiger partial charge in [0.15, 0.2) is 0 Å². The monoisotopic (exact) mass is 199 g/mol. The lowest BCUT2D eigenvalue weighted by atomic mass is 10.1. The van der Waals surface area contributed by atoms with Crippen LogP contribution in [0.2, 0.25) is 0 Å². The Balaban J connectivity index is 4.15. The van der Waals surface area contributed by atoms with Crippen LogP contribution < -0.4 is 5.73 Å². The molecule has 4 nitrogen and oxygen atoms in total. The van der Waals surface area contributed by atoms with E-state index in [-0.39, 0.29) is 0 Å². The van der Waals surface area contributed by atoms with Gasteiger partial charge < -0.3 is 10.5 Å². The Morgan fingerprint density at radius 2 is 1.92 bits per heavy atom. The van der Waals surface area contributed by atoms with Crippen LogP contribution >= 0.6 is 0 Å². The summed E-state index contributed by atoms with van der Waals surface area (Å²) in [6.07, 6.45) is -6.04. The molecular formula is C6H8F3NO3. The number of ketones is 1. The van der Waals surface area contributed by atoms with E-state index in [1.807, 2.05) is 0 Å². The van der Waals surface area contributed by atoms with E-state index in [0.717, 1.165) is 7.11 Å². The number of carbonyl (C=O) groups is 2. The second kappa shape index (κ2) is 4.22. The summed E-state index contributed by atoms with van der Waals surface area (Å²) >= 11 is 0. The minimum atomic E-state index is -4.95. The van der Waals surface area contributed by atoms with Crippen LogP contribution in [0.4, 0.5) is 13.2 Å². The lowest BCUT2D eigenvalue weighted by Crippen LogP contribution is -2.37. The first-order valence-electron chi connectivity index (χ1n) is 3.22. The summed E-state index contributed by atoms with van der Waals surface area (Å²) in [7, 11) is 0.972. The standard InChI is InChI=1S/C6H8F3NO3/c1-13-5(12)3(10)2-4(11)6(7,8)9/h3H,2,10H2,1H3. The molecule has 0 rings (SSSR count). The maximum Gasteiger partial charge on any atom is 0.450 e. The van der Waals surface area contributed by atoms with Gasteiger partial charge in [-0.2, -0.15) is 13.2 Å². The molecule has 0 heterocycles. The molecule has 13 heavy (non-hydrogen) atoms. The minimum absolute atomic E-state index is 0.972. The Labute approximate surface area is 71.8 Å². The van der Waals surface area contributed by atoms with Crippen LogP contribution in [-0.2, 0) is 14.3 Å². The van der Waals surface area contributed by atoms with Crippen molar-refractivity contribution in [3.8, 4) is 0 Å². The second-order valence-electron chi connectivity index (χ2n) is 2.25. The van der Waals surface area contributed by atoms with E-state index in [0.29, 0.717) is 0 Å². The minimum Gasteiger partial charge on any atom is -0.468 e. The van der Waals surface area contributed by atoms with Crippen molar-refractivity contribution in [3.63, 3.8) is 0 Å². The summed E-state index contributed by atoms with van der Waals surface area (Å²) in [6.45, 7) is 0. The second-order valence-corrected chi connectivity index (χ2v) is 2.25. The Morgan fingerprint density at radius 1 is 1.46 bits per heavy atom. The summed E-state index contributed by atoms with van der Waals surface area (Å²) < 4.78 is 38.9. The quantitative estimate of drug-likeness (QED) is 0.650. The van der Waals surface area contributed by atoms with Gasteiger partial charge in [0.1, 0.15) is 6.04 Å². The fourth-order valence-corrected chi connectivity index (χ4v) is 0.550. The van der Waals surface area contributed by atoms with Gasteiger partial charge in [0.2, 0.25) is 5.78 Å². The number of rotatable bonds is 3. The lowest BCUT2D eigenvalue weighted by Gasteiger charge is -2.09. The van der Waals surface area contributed by atoms with Crippen LogP contribution in [0.3, 0.4) is 0 Å². The fourth-order valence-electron chi connectivity index (χ4n) is 0.550. The first-order valence-corrected chi connectivity index (χ1v) is 3.22.